The first-order chi connectivity index (χ1) is 9.81. The maximum Gasteiger partial charge on any atom is 0.305 e. The maximum absolute atomic E-state index is 10.9. The third-order valence-electron chi connectivity index (χ3n) is 3.93. The second-order valence-corrected chi connectivity index (χ2v) is 6.67. The monoisotopic (exact) mass is 291 g/mol. The number of ether oxygens (including phenoxy) is 1. The van der Waals surface area contributed by atoms with E-state index in [0.717, 1.165) is 24.4 Å². The first-order valence-electron chi connectivity index (χ1n) is 7.59. The molecule has 116 valence electrons. The molecule has 0 spiro atoms. The summed E-state index contributed by atoms with van der Waals surface area (Å²) < 4.78 is 6.00. The van der Waals surface area contributed by atoms with Crippen LogP contribution in [0.1, 0.15) is 46.1 Å². The summed E-state index contributed by atoms with van der Waals surface area (Å²) in [5.74, 6) is 0.106. The minimum absolute atomic E-state index is 0.0646. The van der Waals surface area contributed by atoms with Gasteiger partial charge in [-0.2, -0.15) is 0 Å². The van der Waals surface area contributed by atoms with Crippen molar-refractivity contribution in [1.82, 2.24) is 0 Å². The van der Waals surface area contributed by atoms with Crippen LogP contribution < -0.4 is 9.64 Å². The van der Waals surface area contributed by atoms with E-state index in [9.17, 15) is 4.79 Å². The Labute approximate surface area is 126 Å². The lowest BCUT2D eigenvalue weighted by molar-refractivity contribution is -0.136. The molecule has 1 aromatic rings. The highest BCUT2D eigenvalue weighted by Crippen LogP contribution is 2.37. The smallest absolute Gasteiger partial charge is 0.305 e. The molecule has 1 aliphatic rings. The van der Waals surface area contributed by atoms with Crippen molar-refractivity contribution in [3.05, 3.63) is 23.8 Å². The number of hydrogen-bond donors (Lipinski definition) is 1. The fourth-order valence-electron chi connectivity index (χ4n) is 2.55. The predicted octanol–water partition coefficient (Wildman–Crippen LogP) is 3.44. The lowest BCUT2D eigenvalue weighted by atomic mass is 9.86. The number of nitrogens with zero attached hydrogens (tertiary/aromatic N) is 1. The molecule has 1 aliphatic heterocycles. The lowest BCUT2D eigenvalue weighted by Gasteiger charge is -2.37. The van der Waals surface area contributed by atoms with E-state index in [1.54, 1.807) is 0 Å². The van der Waals surface area contributed by atoms with E-state index >= 15 is 0 Å². The van der Waals surface area contributed by atoms with Crippen LogP contribution in [0.2, 0.25) is 0 Å². The zero-order chi connectivity index (χ0) is 15.6. The number of carboxylic acid groups (broad SMARTS) is 1. The summed E-state index contributed by atoms with van der Waals surface area (Å²) in [5.41, 5.74) is 2.32. The predicted molar refractivity (Wildman–Crippen MR) is 84.3 cm³/mol. The Kier molecular flexibility index (Phi) is 4.45. The summed E-state index contributed by atoms with van der Waals surface area (Å²) in [5, 5.41) is 8.94. The van der Waals surface area contributed by atoms with Crippen LogP contribution in [0.3, 0.4) is 0 Å². The second kappa shape index (κ2) is 5.96. The molecule has 0 fully saturated rings. The van der Waals surface area contributed by atoms with Crippen LogP contribution in [-0.4, -0.2) is 30.3 Å². The lowest BCUT2D eigenvalue weighted by Crippen LogP contribution is -2.41. The number of hydrogen-bond acceptors (Lipinski definition) is 3. The summed E-state index contributed by atoms with van der Waals surface area (Å²) >= 11 is 0. The Morgan fingerprint density at radius 1 is 1.43 bits per heavy atom. The number of carbonyl (C=O) groups is 1. The number of benzene rings is 1. The van der Waals surface area contributed by atoms with E-state index in [4.69, 9.17) is 9.84 Å². The van der Waals surface area contributed by atoms with Gasteiger partial charge in [-0.25, -0.2) is 0 Å². The van der Waals surface area contributed by atoms with E-state index in [-0.39, 0.29) is 17.9 Å². The summed E-state index contributed by atoms with van der Waals surface area (Å²) in [6.07, 6.45) is 1.20. The molecule has 1 heterocycles. The second-order valence-electron chi connectivity index (χ2n) is 6.67. The van der Waals surface area contributed by atoms with Crippen molar-refractivity contribution < 1.29 is 14.6 Å². The van der Waals surface area contributed by atoms with Crippen molar-refractivity contribution in [1.29, 1.82) is 0 Å². The Bertz CT molecular complexity index is 519. The van der Waals surface area contributed by atoms with Crippen LogP contribution in [0.15, 0.2) is 18.2 Å². The molecule has 1 unspecified atom stereocenters. The van der Waals surface area contributed by atoms with Crippen molar-refractivity contribution in [2.75, 3.05) is 18.0 Å². The first-order valence-corrected chi connectivity index (χ1v) is 7.59. The summed E-state index contributed by atoms with van der Waals surface area (Å²) in [6.45, 7) is 9.90. The zero-order valence-corrected chi connectivity index (χ0v) is 13.3. The molecule has 1 aromatic carbocycles. The molecule has 21 heavy (non-hydrogen) atoms. The molecule has 0 saturated heterocycles. The number of rotatable bonds is 4. The van der Waals surface area contributed by atoms with Crippen LogP contribution in [0.25, 0.3) is 0 Å². The van der Waals surface area contributed by atoms with Gasteiger partial charge in [0.15, 0.2) is 0 Å². The average Bonchev–Trinajstić information content (AvgIpc) is 2.42. The zero-order valence-electron chi connectivity index (χ0n) is 13.3. The molecule has 1 N–H and O–H groups in total. The van der Waals surface area contributed by atoms with Crippen LogP contribution in [0, 0.1) is 0 Å². The van der Waals surface area contributed by atoms with Gasteiger partial charge in [0, 0.05) is 6.54 Å². The maximum atomic E-state index is 10.9. The van der Waals surface area contributed by atoms with Gasteiger partial charge in [0.1, 0.15) is 11.9 Å². The molecular formula is C17H25NO3. The van der Waals surface area contributed by atoms with E-state index in [2.05, 4.69) is 44.7 Å². The minimum Gasteiger partial charge on any atom is -0.486 e. The molecular weight excluding hydrogens is 266 g/mol. The van der Waals surface area contributed by atoms with Crippen LogP contribution in [0.5, 0.6) is 5.75 Å². The summed E-state index contributed by atoms with van der Waals surface area (Å²) in [7, 11) is 0. The highest BCUT2D eigenvalue weighted by Gasteiger charge is 2.26. The van der Waals surface area contributed by atoms with E-state index < -0.39 is 5.97 Å². The standard InChI is InChI=1S/C17H25NO3/c1-5-13-11-18(9-8-16(19)20)14-10-12(17(2,3)4)6-7-15(14)21-13/h6-7,10,13H,5,8-9,11H2,1-4H3,(H,19,20). The van der Waals surface area contributed by atoms with Crippen LogP contribution in [0.4, 0.5) is 5.69 Å². The molecule has 0 saturated carbocycles. The van der Waals surface area contributed by atoms with Gasteiger partial charge in [0.05, 0.1) is 18.7 Å². The molecule has 0 aromatic heterocycles. The van der Waals surface area contributed by atoms with E-state index in [1.807, 2.05) is 6.07 Å². The molecule has 2 rings (SSSR count). The van der Waals surface area contributed by atoms with Crippen molar-refractivity contribution >= 4 is 11.7 Å². The largest absolute Gasteiger partial charge is 0.486 e. The van der Waals surface area contributed by atoms with E-state index in [1.165, 1.54) is 5.56 Å². The summed E-state index contributed by atoms with van der Waals surface area (Å²) in [4.78, 5) is 13.0. The SMILES string of the molecule is CCC1CN(CCC(=O)O)c2cc(C(C)(C)C)ccc2O1. The van der Waals surface area contributed by atoms with Gasteiger partial charge in [-0.1, -0.05) is 33.8 Å². The molecule has 0 amide bonds. The Balaban J connectivity index is 2.33. The molecule has 4 heteroatoms. The average molecular weight is 291 g/mol. The van der Waals surface area contributed by atoms with E-state index in [0.29, 0.717) is 6.54 Å². The third-order valence-corrected chi connectivity index (χ3v) is 3.93. The molecule has 0 radical (unpaired) electrons. The number of carboxylic acids is 1. The van der Waals surface area contributed by atoms with Crippen molar-refractivity contribution in [2.24, 2.45) is 0 Å². The van der Waals surface area contributed by atoms with Gasteiger partial charge < -0.3 is 14.7 Å². The number of anilines is 1. The van der Waals surface area contributed by atoms with Crippen molar-refractivity contribution in [3.8, 4) is 5.75 Å². The van der Waals surface area contributed by atoms with Gasteiger partial charge in [-0.15, -0.1) is 0 Å². The third kappa shape index (κ3) is 3.69. The minimum atomic E-state index is -0.761. The fourth-order valence-corrected chi connectivity index (χ4v) is 2.55. The molecule has 0 bridgehead atoms. The molecule has 4 nitrogen and oxygen atoms in total. The molecule has 1 atom stereocenters. The Morgan fingerprint density at radius 2 is 2.14 bits per heavy atom. The highest BCUT2D eigenvalue weighted by atomic mass is 16.5. The number of aliphatic carboxylic acids is 1. The van der Waals surface area contributed by atoms with Crippen molar-refractivity contribution in [3.63, 3.8) is 0 Å². The Morgan fingerprint density at radius 3 is 2.71 bits per heavy atom. The van der Waals surface area contributed by atoms with Gasteiger partial charge in [-0.05, 0) is 29.5 Å². The highest BCUT2D eigenvalue weighted by molar-refractivity contribution is 5.69. The van der Waals surface area contributed by atoms with Crippen LogP contribution >= 0.6 is 0 Å². The van der Waals surface area contributed by atoms with Crippen LogP contribution in [-0.2, 0) is 10.2 Å². The van der Waals surface area contributed by atoms with Gasteiger partial charge in [0.25, 0.3) is 0 Å². The fraction of sp³-hybridized carbons (Fsp3) is 0.588. The first kappa shape index (κ1) is 15.7. The molecule has 0 aliphatic carbocycles. The van der Waals surface area contributed by atoms with Crippen molar-refractivity contribution in [2.45, 2.75) is 52.1 Å². The van der Waals surface area contributed by atoms with Gasteiger partial charge in [0.2, 0.25) is 0 Å². The quantitative estimate of drug-likeness (QED) is 0.923. The van der Waals surface area contributed by atoms with Gasteiger partial charge >= 0.3 is 5.97 Å². The normalized spacial score (nSPS) is 18.1. The summed E-state index contributed by atoms with van der Waals surface area (Å²) in [6, 6.07) is 6.26. The van der Waals surface area contributed by atoms with Gasteiger partial charge in [-0.3, -0.25) is 4.79 Å². The topological polar surface area (TPSA) is 49.8 Å². The number of fused-ring (bicyclic) bond motifs is 1. The Hall–Kier alpha value is -1.71.